The number of amides is 1. The first kappa shape index (κ1) is 22.4. The van der Waals surface area contributed by atoms with Crippen molar-refractivity contribution in [2.24, 2.45) is 0 Å². The summed E-state index contributed by atoms with van der Waals surface area (Å²) in [6.07, 6.45) is -1.30. The van der Waals surface area contributed by atoms with Gasteiger partial charge in [-0.3, -0.25) is 14.3 Å². The van der Waals surface area contributed by atoms with Crippen molar-refractivity contribution in [3.8, 4) is 0 Å². The minimum Gasteiger partial charge on any atom is -0.348 e. The van der Waals surface area contributed by atoms with E-state index < -0.39 is 28.9 Å². The second-order valence-corrected chi connectivity index (χ2v) is 7.44. The summed E-state index contributed by atoms with van der Waals surface area (Å²) in [5, 5.41) is 2.73. The number of benzene rings is 2. The molecular weight excluding hydrogens is 431 g/mol. The second-order valence-electron chi connectivity index (χ2n) is 6.61. The fourth-order valence-corrected chi connectivity index (χ4v) is 3.52. The third kappa shape index (κ3) is 5.47. The predicted octanol–water partition coefficient (Wildman–Crippen LogP) is 4.61. The first-order valence-electron chi connectivity index (χ1n) is 9.03. The molecule has 0 aliphatic rings. The van der Waals surface area contributed by atoms with Crippen LogP contribution in [0.3, 0.4) is 0 Å². The Hall–Kier alpha value is -3.24. The van der Waals surface area contributed by atoms with E-state index >= 15 is 0 Å². The van der Waals surface area contributed by atoms with Crippen molar-refractivity contribution in [2.75, 3.05) is 4.31 Å². The molecule has 1 amide bonds. The summed E-state index contributed by atoms with van der Waals surface area (Å²) >= 11 is -2.59. The number of carbonyl (C=O) groups is 1. The molecule has 0 bridgehead atoms. The van der Waals surface area contributed by atoms with Crippen LogP contribution in [-0.2, 0) is 24.0 Å². The number of aryl methyl sites for hydroxylation is 1. The molecule has 31 heavy (non-hydrogen) atoms. The van der Waals surface area contributed by atoms with E-state index in [-0.39, 0.29) is 23.5 Å². The average Bonchev–Trinajstić information content (AvgIpc) is 2.74. The lowest BCUT2D eigenvalue weighted by molar-refractivity contribution is -0.137. The number of aromatic nitrogens is 1. The van der Waals surface area contributed by atoms with Gasteiger partial charge in [0, 0.05) is 24.5 Å². The van der Waals surface area contributed by atoms with Crippen LogP contribution in [0.25, 0.3) is 0 Å². The molecule has 6 nitrogen and oxygen atoms in total. The maximum absolute atomic E-state index is 12.8. The van der Waals surface area contributed by atoms with E-state index in [2.05, 4.69) is 10.3 Å². The Kier molecular flexibility index (Phi) is 6.71. The fraction of sp³-hybridized carbons (Fsp3) is 0.143. The van der Waals surface area contributed by atoms with Gasteiger partial charge in [-0.05, 0) is 60.5 Å². The minimum absolute atomic E-state index is 0.0739. The van der Waals surface area contributed by atoms with Gasteiger partial charge in [-0.1, -0.05) is 12.1 Å². The monoisotopic (exact) mass is 449 g/mol. The zero-order valence-electron chi connectivity index (χ0n) is 16.3. The van der Waals surface area contributed by atoms with Gasteiger partial charge in [-0.2, -0.15) is 13.2 Å². The fourth-order valence-electron chi connectivity index (χ4n) is 2.86. The van der Waals surface area contributed by atoms with E-state index in [9.17, 15) is 26.7 Å². The van der Waals surface area contributed by atoms with Gasteiger partial charge in [0.25, 0.3) is 17.2 Å². The summed E-state index contributed by atoms with van der Waals surface area (Å²) in [4.78, 5) is 16.5. The molecule has 2 aromatic carbocycles. The molecule has 0 radical (unpaired) electrons. The molecule has 2 N–H and O–H groups in total. The Morgan fingerprint density at radius 2 is 1.87 bits per heavy atom. The summed E-state index contributed by atoms with van der Waals surface area (Å²) < 4.78 is 61.3. The highest BCUT2D eigenvalue weighted by atomic mass is 32.2. The Labute approximate surface area is 179 Å². The van der Waals surface area contributed by atoms with Crippen LogP contribution >= 0.6 is 0 Å². The highest BCUT2D eigenvalue weighted by Crippen LogP contribution is 2.34. The molecule has 0 aliphatic carbocycles. The summed E-state index contributed by atoms with van der Waals surface area (Å²) in [5.74, 6) is -0.416. The third-order valence-corrected chi connectivity index (χ3v) is 5.17. The normalized spacial score (nSPS) is 12.3. The maximum atomic E-state index is 12.8. The van der Waals surface area contributed by atoms with Crippen LogP contribution in [0.4, 0.5) is 24.5 Å². The Morgan fingerprint density at radius 1 is 1.16 bits per heavy atom. The van der Waals surface area contributed by atoms with Crippen LogP contribution in [0, 0.1) is 6.92 Å². The van der Waals surface area contributed by atoms with Crippen molar-refractivity contribution in [3.63, 3.8) is 0 Å². The van der Waals surface area contributed by atoms with Gasteiger partial charge in [0.15, 0.2) is 0 Å². The van der Waals surface area contributed by atoms with E-state index in [1.54, 1.807) is 43.6 Å². The first-order chi connectivity index (χ1) is 14.7. The predicted molar refractivity (Wildman–Crippen MR) is 111 cm³/mol. The van der Waals surface area contributed by atoms with Gasteiger partial charge in [0.1, 0.15) is 0 Å². The molecule has 1 aromatic heterocycles. The van der Waals surface area contributed by atoms with Crippen molar-refractivity contribution >= 4 is 28.5 Å². The lowest BCUT2D eigenvalue weighted by Crippen LogP contribution is -2.24. The number of anilines is 2. The van der Waals surface area contributed by atoms with Crippen LogP contribution < -0.4 is 9.62 Å². The van der Waals surface area contributed by atoms with E-state index in [1.807, 2.05) is 0 Å². The van der Waals surface area contributed by atoms with Gasteiger partial charge in [-0.15, -0.1) is 0 Å². The zero-order chi connectivity index (χ0) is 22.6. The summed E-state index contributed by atoms with van der Waals surface area (Å²) in [5.41, 5.74) is 1.00. The minimum atomic E-state index is -4.52. The number of carbonyl (C=O) groups excluding carboxylic acids is 1. The van der Waals surface area contributed by atoms with Gasteiger partial charge in [0.05, 0.1) is 16.9 Å². The summed E-state index contributed by atoms with van der Waals surface area (Å²) in [6.45, 7) is 1.90. The molecular formula is C21H18F3N3O3S. The lowest BCUT2D eigenvalue weighted by Gasteiger charge is -2.23. The van der Waals surface area contributed by atoms with Gasteiger partial charge < -0.3 is 5.32 Å². The summed E-state index contributed by atoms with van der Waals surface area (Å²) in [7, 11) is 0. The Balaban J connectivity index is 1.88. The molecule has 3 rings (SSSR count). The van der Waals surface area contributed by atoms with E-state index in [0.717, 1.165) is 34.1 Å². The number of pyridine rings is 1. The molecule has 0 saturated carbocycles. The number of nitrogens with one attached hydrogen (secondary N) is 1. The molecule has 10 heteroatoms. The van der Waals surface area contributed by atoms with Crippen LogP contribution in [0.5, 0.6) is 0 Å². The highest BCUT2D eigenvalue weighted by Gasteiger charge is 2.30. The number of rotatable bonds is 6. The molecule has 0 fully saturated rings. The third-order valence-electron chi connectivity index (χ3n) is 4.45. The average molecular weight is 449 g/mol. The van der Waals surface area contributed by atoms with Crippen molar-refractivity contribution in [2.45, 2.75) is 19.6 Å². The van der Waals surface area contributed by atoms with E-state index in [1.165, 1.54) is 6.07 Å². The molecule has 162 valence electrons. The smallest absolute Gasteiger partial charge is 0.348 e. The maximum Gasteiger partial charge on any atom is 0.416 e. The second kappa shape index (κ2) is 9.27. The molecule has 0 aliphatic heterocycles. The van der Waals surface area contributed by atoms with E-state index in [0.29, 0.717) is 5.56 Å². The van der Waals surface area contributed by atoms with Crippen LogP contribution in [-0.4, -0.2) is 19.7 Å². The van der Waals surface area contributed by atoms with Crippen molar-refractivity contribution < 1.29 is 26.7 Å². The van der Waals surface area contributed by atoms with Crippen LogP contribution in [0.15, 0.2) is 67.0 Å². The standard InChI is InChI=1S/C21H18F3N3O3S/c1-14-4-5-16(20(28)26-13-15-3-2-10-25-12-15)11-19(14)27(31(29)30)18-8-6-17(7-9-18)21(22,23)24/h2-12H,13H2,1H3,(H,26,28)(H,29,30). The van der Waals surface area contributed by atoms with Gasteiger partial charge in [-0.25, -0.2) is 8.51 Å². The Morgan fingerprint density at radius 3 is 2.45 bits per heavy atom. The quantitative estimate of drug-likeness (QED) is 0.539. The van der Waals surface area contributed by atoms with Crippen LogP contribution in [0.1, 0.15) is 27.0 Å². The zero-order valence-corrected chi connectivity index (χ0v) is 17.1. The molecule has 0 spiro atoms. The van der Waals surface area contributed by atoms with Gasteiger partial charge in [0.2, 0.25) is 0 Å². The summed E-state index contributed by atoms with van der Waals surface area (Å²) in [6, 6.07) is 12.0. The number of halogens is 3. The molecule has 0 saturated heterocycles. The van der Waals surface area contributed by atoms with Gasteiger partial charge >= 0.3 is 6.18 Å². The number of nitrogens with zero attached hydrogens (tertiary/aromatic N) is 2. The van der Waals surface area contributed by atoms with Crippen molar-refractivity contribution in [3.05, 3.63) is 89.2 Å². The lowest BCUT2D eigenvalue weighted by atomic mass is 10.1. The van der Waals surface area contributed by atoms with Crippen molar-refractivity contribution in [1.82, 2.24) is 10.3 Å². The van der Waals surface area contributed by atoms with Crippen molar-refractivity contribution in [1.29, 1.82) is 0 Å². The molecule has 3 aromatic rings. The van der Waals surface area contributed by atoms with Crippen LogP contribution in [0.2, 0.25) is 0 Å². The molecule has 1 unspecified atom stereocenters. The molecule has 1 atom stereocenters. The molecule has 1 heterocycles. The van der Waals surface area contributed by atoms with E-state index in [4.69, 9.17) is 0 Å². The SMILES string of the molecule is Cc1ccc(C(=O)NCc2cccnc2)cc1N(c1ccc(C(F)(F)F)cc1)S(=O)O. The Bertz CT molecular complexity index is 1090. The number of alkyl halides is 3. The topological polar surface area (TPSA) is 82.5 Å². The number of hydrogen-bond donors (Lipinski definition) is 2. The first-order valence-corrected chi connectivity index (χ1v) is 10.1. The number of hydrogen-bond acceptors (Lipinski definition) is 3. The highest BCUT2D eigenvalue weighted by molar-refractivity contribution is 7.81. The largest absolute Gasteiger partial charge is 0.416 e.